The summed E-state index contributed by atoms with van der Waals surface area (Å²) in [5.41, 5.74) is 0.311. The number of aliphatic hydroxyl groups is 1. The van der Waals surface area contributed by atoms with Crippen LogP contribution in [0.5, 0.6) is 0 Å². The molecule has 2 N–H and O–H groups in total. The van der Waals surface area contributed by atoms with E-state index in [9.17, 15) is 9.90 Å². The number of benzene rings is 1. The first kappa shape index (κ1) is 15.7. The van der Waals surface area contributed by atoms with E-state index >= 15 is 0 Å². The molecule has 1 unspecified atom stereocenters. The Balaban J connectivity index is 1.42. The molecule has 25 heavy (non-hydrogen) atoms. The fraction of sp³-hybridized carbons (Fsp3) is 0.278. The normalized spacial score (nSPS) is 20.8. The van der Waals surface area contributed by atoms with Gasteiger partial charge in [-0.25, -0.2) is 9.97 Å². The number of carbonyl (C=O) groups is 1. The fourth-order valence-electron chi connectivity index (χ4n) is 3.16. The largest absolute Gasteiger partial charge is 0.379 e. The van der Waals surface area contributed by atoms with Crippen LogP contribution in [0, 0.1) is 0 Å². The molecule has 0 radical (unpaired) electrons. The van der Waals surface area contributed by atoms with E-state index < -0.39 is 11.5 Å². The van der Waals surface area contributed by atoms with Crippen molar-refractivity contribution in [3.05, 3.63) is 60.7 Å². The Morgan fingerprint density at radius 2 is 2.12 bits per heavy atom. The molecule has 1 atom stereocenters. The van der Waals surface area contributed by atoms with Crippen LogP contribution in [0.1, 0.15) is 12.0 Å². The predicted molar refractivity (Wildman–Crippen MR) is 92.9 cm³/mol. The molecule has 0 aliphatic carbocycles. The van der Waals surface area contributed by atoms with Gasteiger partial charge in [0, 0.05) is 38.2 Å². The van der Waals surface area contributed by atoms with Gasteiger partial charge in [-0.2, -0.15) is 0 Å². The summed E-state index contributed by atoms with van der Waals surface area (Å²) in [6.45, 7) is 1.71. The second-order valence-electron chi connectivity index (χ2n) is 6.41. The first-order chi connectivity index (χ1) is 12.1. The van der Waals surface area contributed by atoms with Crippen LogP contribution >= 0.6 is 0 Å². The Kier molecular flexibility index (Phi) is 3.95. The lowest BCUT2D eigenvalue weighted by Gasteiger charge is -2.22. The molecule has 3 heterocycles. The number of nitrogens with zero attached hydrogens (tertiary/aromatic N) is 4. The minimum Gasteiger partial charge on any atom is -0.379 e. The number of anilines is 1. The number of hydrogen-bond acceptors (Lipinski definition) is 5. The lowest BCUT2D eigenvalue weighted by molar-refractivity contribution is -0.132. The molecule has 1 amide bonds. The molecule has 128 valence electrons. The van der Waals surface area contributed by atoms with Crippen molar-refractivity contribution in [1.82, 2.24) is 19.3 Å². The van der Waals surface area contributed by atoms with E-state index in [4.69, 9.17) is 0 Å². The smallest absolute Gasteiger partial charge is 0.257 e. The van der Waals surface area contributed by atoms with E-state index in [0.29, 0.717) is 31.0 Å². The van der Waals surface area contributed by atoms with Crippen molar-refractivity contribution in [1.29, 1.82) is 0 Å². The average molecular weight is 337 g/mol. The minimum atomic E-state index is -1.39. The van der Waals surface area contributed by atoms with Gasteiger partial charge in [0.1, 0.15) is 0 Å². The molecule has 0 saturated carbocycles. The maximum Gasteiger partial charge on any atom is 0.257 e. The fourth-order valence-corrected chi connectivity index (χ4v) is 3.16. The minimum absolute atomic E-state index is 0.314. The van der Waals surface area contributed by atoms with Crippen LogP contribution in [0.4, 0.5) is 5.69 Å². The van der Waals surface area contributed by atoms with Gasteiger partial charge in [-0.1, -0.05) is 30.3 Å². The maximum absolute atomic E-state index is 12.6. The Hall–Kier alpha value is -2.77. The average Bonchev–Trinajstić information content (AvgIpc) is 3.23. The number of carbonyl (C=O) groups excluding carboxylic acids is 1. The monoisotopic (exact) mass is 337 g/mol. The van der Waals surface area contributed by atoms with Crippen molar-refractivity contribution in [2.45, 2.75) is 18.6 Å². The van der Waals surface area contributed by atoms with E-state index in [1.807, 2.05) is 30.3 Å². The summed E-state index contributed by atoms with van der Waals surface area (Å²) in [4.78, 5) is 22.9. The third kappa shape index (κ3) is 3.24. The second kappa shape index (κ2) is 6.27. The summed E-state index contributed by atoms with van der Waals surface area (Å²) < 4.78 is 1.72. The lowest BCUT2D eigenvalue weighted by atomic mass is 10.0. The Labute approximate surface area is 144 Å². The highest BCUT2D eigenvalue weighted by atomic mass is 16.3. The third-order valence-electron chi connectivity index (χ3n) is 4.50. The molecule has 1 aliphatic heterocycles. The number of rotatable bonds is 4. The van der Waals surface area contributed by atoms with Crippen LogP contribution in [-0.4, -0.2) is 49.0 Å². The summed E-state index contributed by atoms with van der Waals surface area (Å²) in [5.74, 6) is 0.163. The Bertz CT molecular complexity index is 895. The first-order valence-corrected chi connectivity index (χ1v) is 8.21. The molecule has 0 spiro atoms. The summed E-state index contributed by atoms with van der Waals surface area (Å²) in [7, 11) is 0. The second-order valence-corrected chi connectivity index (χ2v) is 6.41. The molecule has 4 rings (SSSR count). The molecule has 0 bridgehead atoms. The zero-order valence-corrected chi connectivity index (χ0v) is 13.7. The standard InChI is InChI=1S/C18H19N5O2/c24-16(21-15-10-20-17-19-7-9-23(17)12-15)18(25)6-8-22(13-18)11-14-4-2-1-3-5-14/h1-5,7,9-10,12,25H,6,8,11,13H2,(H,21,24). The van der Waals surface area contributed by atoms with Gasteiger partial charge >= 0.3 is 0 Å². The van der Waals surface area contributed by atoms with Gasteiger partial charge in [-0.15, -0.1) is 0 Å². The topological polar surface area (TPSA) is 82.8 Å². The van der Waals surface area contributed by atoms with E-state index in [0.717, 1.165) is 6.54 Å². The van der Waals surface area contributed by atoms with Crippen molar-refractivity contribution in [2.24, 2.45) is 0 Å². The van der Waals surface area contributed by atoms with Crippen molar-refractivity contribution in [2.75, 3.05) is 18.4 Å². The maximum atomic E-state index is 12.6. The highest BCUT2D eigenvalue weighted by Gasteiger charge is 2.42. The predicted octanol–water partition coefficient (Wildman–Crippen LogP) is 1.30. The first-order valence-electron chi connectivity index (χ1n) is 8.21. The van der Waals surface area contributed by atoms with Crippen LogP contribution in [0.3, 0.4) is 0 Å². The molecule has 1 aliphatic rings. The number of nitrogens with one attached hydrogen (secondary N) is 1. The number of β-amino-alcohol motifs (C(OH)–C–C–N with tert-alkyl or cyclic N) is 1. The van der Waals surface area contributed by atoms with Crippen molar-refractivity contribution in [3.63, 3.8) is 0 Å². The van der Waals surface area contributed by atoms with Crippen LogP contribution in [0.2, 0.25) is 0 Å². The van der Waals surface area contributed by atoms with E-state index in [1.54, 1.807) is 29.2 Å². The quantitative estimate of drug-likeness (QED) is 0.750. The number of likely N-dealkylation sites (tertiary alicyclic amines) is 1. The van der Waals surface area contributed by atoms with Gasteiger partial charge in [-0.05, 0) is 12.0 Å². The molecule has 1 fully saturated rings. The highest BCUT2D eigenvalue weighted by Crippen LogP contribution is 2.24. The number of fused-ring (bicyclic) bond motifs is 1. The molecule has 2 aromatic heterocycles. The van der Waals surface area contributed by atoms with Crippen LogP contribution in [0.15, 0.2) is 55.1 Å². The number of amides is 1. The van der Waals surface area contributed by atoms with E-state index in [2.05, 4.69) is 20.2 Å². The molecule has 1 saturated heterocycles. The van der Waals surface area contributed by atoms with Crippen molar-refractivity contribution < 1.29 is 9.90 Å². The Morgan fingerprint density at radius 1 is 1.28 bits per heavy atom. The van der Waals surface area contributed by atoms with Gasteiger partial charge in [-0.3, -0.25) is 14.1 Å². The van der Waals surface area contributed by atoms with Crippen molar-refractivity contribution in [3.8, 4) is 0 Å². The summed E-state index contributed by atoms with van der Waals surface area (Å²) >= 11 is 0. The van der Waals surface area contributed by atoms with E-state index in [-0.39, 0.29) is 0 Å². The van der Waals surface area contributed by atoms with Gasteiger partial charge in [0.05, 0.1) is 11.9 Å². The van der Waals surface area contributed by atoms with Crippen LogP contribution < -0.4 is 5.32 Å². The highest BCUT2D eigenvalue weighted by molar-refractivity contribution is 5.97. The van der Waals surface area contributed by atoms with Crippen LogP contribution in [-0.2, 0) is 11.3 Å². The number of hydrogen-bond donors (Lipinski definition) is 2. The van der Waals surface area contributed by atoms with Crippen molar-refractivity contribution >= 4 is 17.4 Å². The van der Waals surface area contributed by atoms with Gasteiger partial charge in [0.25, 0.3) is 5.91 Å². The van der Waals surface area contributed by atoms with Gasteiger partial charge in [0.15, 0.2) is 5.60 Å². The lowest BCUT2D eigenvalue weighted by Crippen LogP contribution is -2.45. The van der Waals surface area contributed by atoms with Crippen LogP contribution in [0.25, 0.3) is 5.78 Å². The zero-order valence-electron chi connectivity index (χ0n) is 13.7. The molecular weight excluding hydrogens is 318 g/mol. The number of imidazole rings is 1. The number of aromatic nitrogens is 3. The van der Waals surface area contributed by atoms with Gasteiger partial charge < -0.3 is 10.4 Å². The third-order valence-corrected chi connectivity index (χ3v) is 4.50. The molecular formula is C18H19N5O2. The summed E-state index contributed by atoms with van der Waals surface area (Å²) in [6.07, 6.45) is 7.07. The molecule has 7 nitrogen and oxygen atoms in total. The summed E-state index contributed by atoms with van der Waals surface area (Å²) in [6, 6.07) is 10.0. The molecule has 3 aromatic rings. The molecule has 1 aromatic carbocycles. The Morgan fingerprint density at radius 3 is 2.96 bits per heavy atom. The molecule has 7 heteroatoms. The van der Waals surface area contributed by atoms with Gasteiger partial charge in [0.2, 0.25) is 5.78 Å². The SMILES string of the molecule is O=C(Nc1cnc2nccn2c1)C1(O)CCN(Cc2ccccc2)C1. The zero-order chi connectivity index (χ0) is 17.3. The van der Waals surface area contributed by atoms with E-state index in [1.165, 1.54) is 5.56 Å². The summed E-state index contributed by atoms with van der Waals surface area (Å²) in [5, 5.41) is 13.5.